The van der Waals surface area contributed by atoms with E-state index in [0.717, 1.165) is 41.8 Å². The average molecular weight is 591 g/mol. The van der Waals surface area contributed by atoms with Gasteiger partial charge < -0.3 is 10.2 Å². The van der Waals surface area contributed by atoms with Crippen molar-refractivity contribution < 1.29 is 13.2 Å². The largest absolute Gasteiger partial charge is 0.369 e. The van der Waals surface area contributed by atoms with Gasteiger partial charge in [0.1, 0.15) is 5.54 Å². The van der Waals surface area contributed by atoms with Crippen molar-refractivity contribution in [3.63, 3.8) is 0 Å². The third-order valence-corrected chi connectivity index (χ3v) is 11.1. The van der Waals surface area contributed by atoms with Crippen LogP contribution in [0.4, 0.5) is 5.69 Å². The predicted octanol–water partition coefficient (Wildman–Crippen LogP) is 4.12. The minimum absolute atomic E-state index is 0.0417. The van der Waals surface area contributed by atoms with Crippen LogP contribution >= 0.6 is 11.6 Å². The van der Waals surface area contributed by atoms with Gasteiger partial charge in [-0.1, -0.05) is 23.7 Å². The number of benzene rings is 1. The van der Waals surface area contributed by atoms with Crippen LogP contribution in [0.5, 0.6) is 0 Å². The van der Waals surface area contributed by atoms with E-state index in [1.54, 1.807) is 16.9 Å². The third kappa shape index (κ3) is 5.22. The van der Waals surface area contributed by atoms with Crippen molar-refractivity contribution in [2.75, 3.05) is 29.5 Å². The number of anilines is 1. The van der Waals surface area contributed by atoms with Crippen molar-refractivity contribution in [3.05, 3.63) is 59.5 Å². The fourth-order valence-electron chi connectivity index (χ4n) is 6.51. The fourth-order valence-corrected chi connectivity index (χ4v) is 7.82. The van der Waals surface area contributed by atoms with Crippen LogP contribution in [0.25, 0.3) is 16.9 Å². The molecular formula is C30H31ClN6O3S. The molecule has 3 aromatic rings. The van der Waals surface area contributed by atoms with E-state index < -0.39 is 15.4 Å². The molecule has 1 saturated heterocycles. The summed E-state index contributed by atoms with van der Waals surface area (Å²) in [5.41, 5.74) is 3.06. The van der Waals surface area contributed by atoms with Crippen LogP contribution < -0.4 is 10.2 Å². The van der Waals surface area contributed by atoms with Crippen LogP contribution in [0.15, 0.2) is 48.8 Å². The Morgan fingerprint density at radius 3 is 2.44 bits per heavy atom. The number of fused-ring (bicyclic) bond motifs is 1. The number of amides is 1. The van der Waals surface area contributed by atoms with E-state index in [1.807, 2.05) is 36.5 Å². The standard InChI is InChI=1S/C30H31ClN6O3S/c31-22-3-6-27(33-16-22)37-17-26(19-1-4-23(5-2-19)36-9-11-41(39,40)12-10-36)28(35-37)24-14-20-13-21(20)15-25(24)29(38)34-30(18-32)7-8-30/h1-6,16-17,20-21,24-25H,7-15H2,(H,34,38)/t20?,21?,24-,25-/m1/s1. The molecule has 41 heavy (non-hydrogen) atoms. The first-order chi connectivity index (χ1) is 19.7. The Kier molecular flexibility index (Phi) is 6.36. The Hall–Kier alpha value is -3.42. The molecule has 4 atom stereocenters. The number of nitrogens with one attached hydrogen (secondary N) is 1. The van der Waals surface area contributed by atoms with E-state index in [0.29, 0.717) is 48.6 Å². The zero-order chi connectivity index (χ0) is 28.4. The summed E-state index contributed by atoms with van der Waals surface area (Å²) in [5, 5.41) is 18.3. The molecule has 1 amide bonds. The van der Waals surface area contributed by atoms with Gasteiger partial charge in [0, 0.05) is 48.6 Å². The summed E-state index contributed by atoms with van der Waals surface area (Å²) in [4.78, 5) is 20.2. The number of carbonyl (C=O) groups excluding carboxylic acids is 1. The monoisotopic (exact) mass is 590 g/mol. The van der Waals surface area contributed by atoms with Crippen LogP contribution in [0.1, 0.15) is 43.7 Å². The summed E-state index contributed by atoms with van der Waals surface area (Å²) < 4.78 is 25.6. The molecule has 1 aromatic carbocycles. The third-order valence-electron chi connectivity index (χ3n) is 9.26. The van der Waals surface area contributed by atoms with E-state index in [1.165, 1.54) is 0 Å². The summed E-state index contributed by atoms with van der Waals surface area (Å²) in [6, 6.07) is 14.0. The average Bonchev–Trinajstić information content (AvgIpc) is 3.88. The molecule has 9 nitrogen and oxygen atoms in total. The van der Waals surface area contributed by atoms with Crippen molar-refractivity contribution in [1.82, 2.24) is 20.1 Å². The van der Waals surface area contributed by atoms with Gasteiger partial charge in [0.2, 0.25) is 5.91 Å². The first-order valence-electron chi connectivity index (χ1n) is 14.2. The van der Waals surface area contributed by atoms with Gasteiger partial charge in [-0.2, -0.15) is 10.4 Å². The second-order valence-corrected chi connectivity index (χ2v) is 14.8. The quantitative estimate of drug-likeness (QED) is 0.458. The molecule has 212 valence electrons. The van der Waals surface area contributed by atoms with E-state index in [-0.39, 0.29) is 29.2 Å². The molecule has 11 heteroatoms. The Morgan fingerprint density at radius 2 is 1.78 bits per heavy atom. The number of carbonyl (C=O) groups is 1. The van der Waals surface area contributed by atoms with Crippen LogP contribution in [0.3, 0.4) is 0 Å². The molecular weight excluding hydrogens is 560 g/mol. The number of hydrogen-bond acceptors (Lipinski definition) is 7. The van der Waals surface area contributed by atoms with Gasteiger partial charge in [0.25, 0.3) is 0 Å². The summed E-state index contributed by atoms with van der Waals surface area (Å²) >= 11 is 6.10. The number of sulfone groups is 1. The highest BCUT2D eigenvalue weighted by molar-refractivity contribution is 7.91. The maximum absolute atomic E-state index is 13.6. The van der Waals surface area contributed by atoms with Gasteiger partial charge in [0.15, 0.2) is 15.7 Å². The number of nitriles is 1. The molecule has 1 N–H and O–H groups in total. The lowest BCUT2D eigenvalue weighted by Crippen LogP contribution is -2.43. The van der Waals surface area contributed by atoms with Crippen LogP contribution in [-0.4, -0.2) is 59.2 Å². The molecule has 0 spiro atoms. The molecule has 0 radical (unpaired) electrons. The fraction of sp³-hybridized carbons (Fsp3) is 0.467. The Morgan fingerprint density at radius 1 is 1.05 bits per heavy atom. The van der Waals surface area contributed by atoms with Gasteiger partial charge in [-0.05, 0) is 73.8 Å². The molecule has 4 fully saturated rings. The summed E-state index contributed by atoms with van der Waals surface area (Å²) in [5.74, 6) is 1.76. The number of rotatable bonds is 6. The van der Waals surface area contributed by atoms with Gasteiger partial charge in [-0.25, -0.2) is 18.1 Å². The van der Waals surface area contributed by atoms with E-state index in [4.69, 9.17) is 16.7 Å². The Labute approximate surface area is 244 Å². The Balaban J connectivity index is 1.24. The SMILES string of the molecule is N#CC1(NC(=O)[C@@H]2CC3CC3C[C@H]2c2nn(-c3ccc(Cl)cn3)cc2-c2ccc(N3CCS(=O)(=O)CC3)cc2)CC1. The number of nitrogens with zero attached hydrogens (tertiary/aromatic N) is 5. The lowest BCUT2D eigenvalue weighted by atomic mass is 9.75. The normalized spacial score (nSPS) is 27.4. The van der Waals surface area contributed by atoms with Crippen LogP contribution in [0.2, 0.25) is 5.02 Å². The lowest BCUT2D eigenvalue weighted by molar-refractivity contribution is -0.127. The van der Waals surface area contributed by atoms with Crippen molar-refractivity contribution >= 4 is 33.0 Å². The maximum Gasteiger partial charge on any atom is 0.225 e. The highest BCUT2D eigenvalue weighted by Crippen LogP contribution is 2.57. The van der Waals surface area contributed by atoms with Crippen molar-refractivity contribution in [2.24, 2.45) is 17.8 Å². The minimum atomic E-state index is -2.96. The van der Waals surface area contributed by atoms with Crippen LogP contribution in [0, 0.1) is 29.1 Å². The van der Waals surface area contributed by atoms with E-state index >= 15 is 0 Å². The van der Waals surface area contributed by atoms with Gasteiger partial charge in [-0.3, -0.25) is 4.79 Å². The maximum atomic E-state index is 13.6. The first kappa shape index (κ1) is 26.5. The van der Waals surface area contributed by atoms with Gasteiger partial charge in [0.05, 0.1) is 28.3 Å². The van der Waals surface area contributed by atoms with Crippen molar-refractivity contribution in [2.45, 2.75) is 43.6 Å². The molecule has 1 aliphatic heterocycles. The first-order valence-corrected chi connectivity index (χ1v) is 16.4. The molecule has 4 aliphatic rings. The molecule has 3 aliphatic carbocycles. The molecule has 7 rings (SSSR count). The molecule has 3 heterocycles. The lowest BCUT2D eigenvalue weighted by Gasteiger charge is -2.31. The second-order valence-electron chi connectivity index (χ2n) is 12.0. The second kappa shape index (κ2) is 9.85. The zero-order valence-corrected chi connectivity index (χ0v) is 24.1. The smallest absolute Gasteiger partial charge is 0.225 e. The van der Waals surface area contributed by atoms with Gasteiger partial charge in [-0.15, -0.1) is 0 Å². The summed E-state index contributed by atoms with van der Waals surface area (Å²) in [7, 11) is -2.96. The summed E-state index contributed by atoms with van der Waals surface area (Å²) in [6.07, 6.45) is 7.81. The van der Waals surface area contributed by atoms with Crippen molar-refractivity contribution in [1.29, 1.82) is 5.26 Å². The van der Waals surface area contributed by atoms with Crippen LogP contribution in [-0.2, 0) is 14.6 Å². The predicted molar refractivity (Wildman–Crippen MR) is 155 cm³/mol. The number of aromatic nitrogens is 3. The summed E-state index contributed by atoms with van der Waals surface area (Å²) in [6.45, 7) is 0.970. The molecule has 2 unspecified atom stereocenters. The Bertz CT molecular complexity index is 1630. The highest BCUT2D eigenvalue weighted by atomic mass is 35.5. The van der Waals surface area contributed by atoms with Crippen molar-refractivity contribution in [3.8, 4) is 23.0 Å². The molecule has 0 bridgehead atoms. The van der Waals surface area contributed by atoms with E-state index in [9.17, 15) is 18.5 Å². The highest BCUT2D eigenvalue weighted by Gasteiger charge is 2.52. The van der Waals surface area contributed by atoms with E-state index in [2.05, 4.69) is 21.3 Å². The number of pyridine rings is 1. The topological polar surface area (TPSA) is 121 Å². The van der Waals surface area contributed by atoms with Gasteiger partial charge >= 0.3 is 0 Å². The molecule has 3 saturated carbocycles. The minimum Gasteiger partial charge on any atom is -0.369 e. The number of halogens is 1. The number of hydrogen-bond donors (Lipinski definition) is 1. The zero-order valence-electron chi connectivity index (χ0n) is 22.5. The molecule has 2 aromatic heterocycles.